The fourth-order valence-corrected chi connectivity index (χ4v) is 4.44. The maximum absolute atomic E-state index is 6.32. The summed E-state index contributed by atoms with van der Waals surface area (Å²) in [5, 5.41) is 1.73. The van der Waals surface area contributed by atoms with Gasteiger partial charge in [0.05, 0.1) is 11.2 Å². The minimum absolute atomic E-state index is 0.631. The van der Waals surface area contributed by atoms with Gasteiger partial charge in [0.1, 0.15) is 12.4 Å². The lowest BCUT2D eigenvalue weighted by Crippen LogP contribution is -2.19. The van der Waals surface area contributed by atoms with Crippen molar-refractivity contribution in [3.05, 3.63) is 61.6 Å². The minimum atomic E-state index is 0.631. The van der Waals surface area contributed by atoms with Crippen LogP contribution < -0.4 is 4.74 Å². The molecule has 0 N–H and O–H groups in total. The van der Waals surface area contributed by atoms with Gasteiger partial charge in [0.2, 0.25) is 0 Å². The van der Waals surface area contributed by atoms with E-state index in [0.29, 0.717) is 11.6 Å². The van der Waals surface area contributed by atoms with E-state index in [2.05, 4.69) is 66.4 Å². The highest BCUT2D eigenvalue weighted by molar-refractivity contribution is 9.11. The Morgan fingerprint density at radius 3 is 2.54 bits per heavy atom. The van der Waals surface area contributed by atoms with Crippen LogP contribution in [0.25, 0.3) is 10.9 Å². The molecule has 6 heteroatoms. The van der Waals surface area contributed by atoms with E-state index >= 15 is 0 Å². The Kier molecular flexibility index (Phi) is 6.33. The van der Waals surface area contributed by atoms with Crippen molar-refractivity contribution in [2.45, 2.75) is 13.5 Å². The Bertz CT molecular complexity index is 937. The highest BCUT2D eigenvalue weighted by Gasteiger charge is 2.19. The van der Waals surface area contributed by atoms with Gasteiger partial charge in [0.15, 0.2) is 0 Å². The summed E-state index contributed by atoms with van der Waals surface area (Å²) in [7, 11) is 4.08. The predicted molar refractivity (Wildman–Crippen MR) is 117 cm³/mol. The summed E-state index contributed by atoms with van der Waals surface area (Å²) in [6, 6.07) is 12.2. The Morgan fingerprint density at radius 2 is 1.85 bits per heavy atom. The van der Waals surface area contributed by atoms with Crippen molar-refractivity contribution >= 4 is 54.4 Å². The smallest absolute Gasteiger partial charge is 0.147 e. The number of hydrogen-bond acceptors (Lipinski definition) is 2. The lowest BCUT2D eigenvalue weighted by molar-refractivity contribution is 0.262. The first-order valence-corrected chi connectivity index (χ1v) is 10.3. The third kappa shape index (κ3) is 4.11. The van der Waals surface area contributed by atoms with Gasteiger partial charge in [-0.25, -0.2) is 0 Å². The average Bonchev–Trinajstić information content (AvgIpc) is 2.82. The van der Waals surface area contributed by atoms with Crippen LogP contribution in [0.15, 0.2) is 45.3 Å². The number of likely N-dealkylation sites (N-methyl/N-ethyl adjacent to an activating group) is 1. The molecule has 3 nitrogen and oxygen atoms in total. The first-order chi connectivity index (χ1) is 12.4. The highest BCUT2D eigenvalue weighted by atomic mass is 79.9. The molecule has 3 rings (SSSR count). The molecule has 0 fully saturated rings. The van der Waals surface area contributed by atoms with E-state index < -0.39 is 0 Å². The van der Waals surface area contributed by atoms with Crippen molar-refractivity contribution in [2.75, 3.05) is 27.2 Å². The zero-order valence-electron chi connectivity index (χ0n) is 15.0. The third-order valence-corrected chi connectivity index (χ3v) is 5.94. The number of halogens is 3. The fraction of sp³-hybridized carbons (Fsp3) is 0.300. The number of aromatic nitrogens is 1. The molecule has 0 saturated carbocycles. The molecule has 0 aliphatic heterocycles. The van der Waals surface area contributed by atoms with Gasteiger partial charge in [0, 0.05) is 32.4 Å². The van der Waals surface area contributed by atoms with E-state index in [1.54, 1.807) is 0 Å². The van der Waals surface area contributed by atoms with E-state index in [1.807, 2.05) is 32.3 Å². The van der Waals surface area contributed by atoms with Gasteiger partial charge in [-0.15, -0.1) is 0 Å². The van der Waals surface area contributed by atoms with Crippen LogP contribution in [0, 0.1) is 6.92 Å². The van der Waals surface area contributed by atoms with Crippen LogP contribution in [0.2, 0.25) is 5.02 Å². The summed E-state index contributed by atoms with van der Waals surface area (Å²) in [6.45, 7) is 4.34. The molecule has 0 saturated heterocycles. The zero-order chi connectivity index (χ0) is 18.8. The monoisotopic (exact) mass is 498 g/mol. The quantitative estimate of drug-likeness (QED) is 0.406. The second-order valence-corrected chi connectivity index (χ2v) is 8.67. The lowest BCUT2D eigenvalue weighted by atomic mass is 10.2. The molecule has 1 heterocycles. The molecular formula is C20H21Br2ClN2O. The molecule has 26 heavy (non-hydrogen) atoms. The van der Waals surface area contributed by atoms with E-state index in [1.165, 1.54) is 5.56 Å². The molecule has 0 unspecified atom stereocenters. The number of rotatable bonds is 6. The van der Waals surface area contributed by atoms with E-state index in [0.717, 1.165) is 44.4 Å². The largest absolute Gasteiger partial charge is 0.490 e. The molecule has 138 valence electrons. The van der Waals surface area contributed by atoms with Gasteiger partial charge in [0.25, 0.3) is 0 Å². The van der Waals surface area contributed by atoms with Crippen LogP contribution in [0.5, 0.6) is 5.75 Å². The van der Waals surface area contributed by atoms with Crippen LogP contribution in [0.3, 0.4) is 0 Å². The van der Waals surface area contributed by atoms with Gasteiger partial charge >= 0.3 is 0 Å². The van der Waals surface area contributed by atoms with E-state index in [-0.39, 0.29) is 0 Å². The Morgan fingerprint density at radius 1 is 1.12 bits per heavy atom. The number of benzene rings is 2. The van der Waals surface area contributed by atoms with Crippen LogP contribution in [-0.2, 0) is 6.54 Å². The Hall–Kier alpha value is -1.01. The summed E-state index contributed by atoms with van der Waals surface area (Å²) < 4.78 is 10.5. The van der Waals surface area contributed by atoms with E-state index in [9.17, 15) is 0 Å². The molecule has 0 bridgehead atoms. The SMILES string of the molecule is Cc1c(OCCN(C)C)c2cc(Cl)cc(Br)c2n1Cc1ccccc1Br. The van der Waals surface area contributed by atoms with Crippen molar-refractivity contribution < 1.29 is 4.74 Å². The van der Waals surface area contributed by atoms with E-state index in [4.69, 9.17) is 16.3 Å². The fourth-order valence-electron chi connectivity index (χ4n) is 3.01. The lowest BCUT2D eigenvalue weighted by Gasteiger charge is -2.12. The van der Waals surface area contributed by atoms with Crippen molar-refractivity contribution in [1.82, 2.24) is 9.47 Å². The molecule has 0 spiro atoms. The first kappa shape index (κ1) is 19.7. The zero-order valence-corrected chi connectivity index (χ0v) is 18.9. The molecule has 0 radical (unpaired) electrons. The number of nitrogens with zero attached hydrogens (tertiary/aromatic N) is 2. The topological polar surface area (TPSA) is 17.4 Å². The predicted octanol–water partition coefficient (Wildman–Crippen LogP) is 6.12. The second kappa shape index (κ2) is 8.34. The van der Waals surface area contributed by atoms with Crippen LogP contribution in [0.4, 0.5) is 0 Å². The highest BCUT2D eigenvalue weighted by Crippen LogP contribution is 2.39. The molecular weight excluding hydrogens is 479 g/mol. The summed E-state index contributed by atoms with van der Waals surface area (Å²) in [6.07, 6.45) is 0. The Labute approximate surface area is 176 Å². The van der Waals surface area contributed by atoms with Crippen LogP contribution >= 0.6 is 43.5 Å². The summed E-state index contributed by atoms with van der Waals surface area (Å²) in [5.74, 6) is 0.900. The number of fused-ring (bicyclic) bond motifs is 1. The molecule has 0 aliphatic carbocycles. The molecule has 0 aliphatic rings. The number of hydrogen-bond donors (Lipinski definition) is 0. The minimum Gasteiger partial charge on any atom is -0.490 e. The molecule has 2 aromatic carbocycles. The van der Waals surface area contributed by atoms with Crippen LogP contribution in [0.1, 0.15) is 11.3 Å². The third-order valence-electron chi connectivity index (χ3n) is 4.35. The Balaban J connectivity index is 2.10. The van der Waals surface area contributed by atoms with Gasteiger partial charge < -0.3 is 14.2 Å². The summed E-state index contributed by atoms with van der Waals surface area (Å²) in [5.41, 5.74) is 3.41. The molecule has 1 aromatic heterocycles. The van der Waals surface area contributed by atoms with Gasteiger partial charge in [-0.3, -0.25) is 0 Å². The number of ether oxygens (including phenoxy) is 1. The maximum atomic E-state index is 6.32. The van der Waals surface area contributed by atoms with Crippen molar-refractivity contribution in [1.29, 1.82) is 0 Å². The van der Waals surface area contributed by atoms with Crippen molar-refractivity contribution in [3.8, 4) is 5.75 Å². The molecule has 3 aromatic rings. The maximum Gasteiger partial charge on any atom is 0.147 e. The van der Waals surface area contributed by atoms with Crippen molar-refractivity contribution in [2.24, 2.45) is 0 Å². The molecule has 0 atom stereocenters. The standard InChI is InChI=1S/C20H21Br2ClN2O/c1-13-20(26-9-8-24(2)3)16-10-15(23)11-18(22)19(16)25(13)12-14-6-4-5-7-17(14)21/h4-7,10-11H,8-9,12H2,1-3H3. The first-order valence-electron chi connectivity index (χ1n) is 8.37. The van der Waals surface area contributed by atoms with Gasteiger partial charge in [-0.05, 0) is 60.7 Å². The van der Waals surface area contributed by atoms with Gasteiger partial charge in [-0.2, -0.15) is 0 Å². The van der Waals surface area contributed by atoms with Gasteiger partial charge in [-0.1, -0.05) is 45.7 Å². The summed E-state index contributed by atoms with van der Waals surface area (Å²) in [4.78, 5) is 2.11. The normalized spacial score (nSPS) is 11.5. The van der Waals surface area contributed by atoms with Crippen molar-refractivity contribution in [3.63, 3.8) is 0 Å². The van der Waals surface area contributed by atoms with Crippen LogP contribution in [-0.4, -0.2) is 36.7 Å². The second-order valence-electron chi connectivity index (χ2n) is 6.53. The summed E-state index contributed by atoms with van der Waals surface area (Å²) >= 11 is 13.7. The average molecular weight is 501 g/mol. The molecule has 0 amide bonds.